The van der Waals surface area contributed by atoms with Gasteiger partial charge in [0.25, 0.3) is 5.56 Å². The molecule has 166 valence electrons. The van der Waals surface area contributed by atoms with Crippen molar-refractivity contribution in [1.82, 2.24) is 15.1 Å². The number of fused-ring (bicyclic) bond motifs is 1. The smallest absolute Gasteiger partial charge is 0.272 e. The molecular weight excluding hydrogens is 416 g/mol. The largest absolute Gasteiger partial charge is 0.383 e. The molecule has 0 saturated carbocycles. The summed E-state index contributed by atoms with van der Waals surface area (Å²) in [5.41, 5.74) is 2.01. The van der Waals surface area contributed by atoms with E-state index in [9.17, 15) is 9.59 Å². The molecule has 0 aliphatic rings. The molecule has 7 nitrogen and oxygen atoms in total. The topological polar surface area (TPSA) is 87.3 Å². The Kier molecular flexibility index (Phi) is 9.65. The molecule has 2 aromatic carbocycles. The van der Waals surface area contributed by atoms with Crippen LogP contribution in [-0.4, -0.2) is 54.9 Å². The van der Waals surface area contributed by atoms with Crippen LogP contribution < -0.4 is 10.9 Å². The summed E-state index contributed by atoms with van der Waals surface area (Å²) in [6.07, 6.45) is 2.26. The number of carbonyl (C=O) groups excluding carboxylic acids is 1. The summed E-state index contributed by atoms with van der Waals surface area (Å²) in [4.78, 5) is 26.5. The lowest BCUT2D eigenvalue weighted by atomic mass is 10.0. The van der Waals surface area contributed by atoms with E-state index in [0.717, 1.165) is 36.9 Å². The minimum absolute atomic E-state index is 0. The first-order valence-electron chi connectivity index (χ1n) is 10.1. The van der Waals surface area contributed by atoms with Gasteiger partial charge in [0, 0.05) is 36.7 Å². The lowest BCUT2D eigenvalue weighted by molar-refractivity contribution is -0.116. The Morgan fingerprint density at radius 3 is 2.65 bits per heavy atom. The number of likely N-dealkylation sites (N-methyl/N-ethyl adjacent to an activating group) is 1. The molecule has 0 atom stereocenters. The molecule has 3 aromatic rings. The molecule has 0 aliphatic carbocycles. The molecule has 0 fully saturated rings. The van der Waals surface area contributed by atoms with E-state index in [0.29, 0.717) is 29.8 Å². The van der Waals surface area contributed by atoms with Crippen molar-refractivity contribution in [2.24, 2.45) is 0 Å². The Balaban J connectivity index is 0.00000341. The number of benzene rings is 2. The Morgan fingerprint density at radius 1 is 1.10 bits per heavy atom. The number of unbranched alkanes of at least 4 members (excludes halogenated alkanes) is 1. The average Bonchev–Trinajstić information content (AvgIpc) is 2.76. The predicted octanol–water partition coefficient (Wildman–Crippen LogP) is 3.70. The first kappa shape index (κ1) is 24.5. The van der Waals surface area contributed by atoms with E-state index < -0.39 is 0 Å². The highest BCUT2D eigenvalue weighted by molar-refractivity contribution is 5.95. The second kappa shape index (κ2) is 12.2. The zero-order valence-corrected chi connectivity index (χ0v) is 18.7. The fraction of sp³-hybridized carbons (Fsp3) is 0.348. The number of rotatable bonds is 10. The number of carbonyl (C=O) groups is 1. The number of halogens is 1. The summed E-state index contributed by atoms with van der Waals surface area (Å²) in [5, 5.41) is 11.1. The Labute approximate surface area is 188 Å². The Hall–Kier alpha value is -2.74. The summed E-state index contributed by atoms with van der Waals surface area (Å²) < 4.78 is 5.07. The van der Waals surface area contributed by atoms with E-state index >= 15 is 0 Å². The van der Waals surface area contributed by atoms with Gasteiger partial charge in [-0.15, -0.1) is 12.4 Å². The van der Waals surface area contributed by atoms with Crippen LogP contribution in [0.1, 0.15) is 19.3 Å². The van der Waals surface area contributed by atoms with Gasteiger partial charge in [-0.2, -0.15) is 5.10 Å². The number of amides is 1. The monoisotopic (exact) mass is 444 g/mol. The van der Waals surface area contributed by atoms with E-state index in [1.54, 1.807) is 13.2 Å². The van der Waals surface area contributed by atoms with Gasteiger partial charge in [-0.25, -0.2) is 5.10 Å². The fourth-order valence-electron chi connectivity index (χ4n) is 3.33. The van der Waals surface area contributed by atoms with Gasteiger partial charge in [-0.05, 0) is 44.6 Å². The molecule has 0 aliphatic heterocycles. The van der Waals surface area contributed by atoms with E-state index in [1.165, 1.54) is 0 Å². The number of anilines is 1. The summed E-state index contributed by atoms with van der Waals surface area (Å²) in [6.45, 7) is 2.55. The molecule has 2 N–H and O–H groups in total. The molecular formula is C23H29ClN4O3. The van der Waals surface area contributed by atoms with E-state index in [1.807, 2.05) is 42.5 Å². The van der Waals surface area contributed by atoms with Gasteiger partial charge in [0.15, 0.2) is 0 Å². The number of H-pyrrole nitrogens is 1. The number of hydrogen-bond donors (Lipinski definition) is 2. The van der Waals surface area contributed by atoms with Crippen LogP contribution in [0.5, 0.6) is 0 Å². The number of methoxy groups -OCH3 is 1. The van der Waals surface area contributed by atoms with Crippen LogP contribution in [0.4, 0.5) is 5.69 Å². The summed E-state index contributed by atoms with van der Waals surface area (Å²) in [5.74, 6) is -0.00835. The summed E-state index contributed by atoms with van der Waals surface area (Å²) in [7, 11) is 3.75. The molecule has 0 saturated heterocycles. The highest BCUT2D eigenvalue weighted by Gasteiger charge is 2.10. The zero-order chi connectivity index (χ0) is 21.3. The molecule has 0 radical (unpaired) electrons. The highest BCUT2D eigenvalue weighted by Crippen LogP contribution is 2.26. The number of hydrogen-bond acceptors (Lipinski definition) is 5. The van der Waals surface area contributed by atoms with Crippen molar-refractivity contribution in [3.05, 3.63) is 58.9 Å². The maximum Gasteiger partial charge on any atom is 0.272 e. The van der Waals surface area contributed by atoms with Crippen LogP contribution in [0.3, 0.4) is 0 Å². The van der Waals surface area contributed by atoms with Crippen LogP contribution in [0, 0.1) is 0 Å². The average molecular weight is 445 g/mol. The zero-order valence-electron chi connectivity index (χ0n) is 17.9. The number of aromatic amines is 1. The summed E-state index contributed by atoms with van der Waals surface area (Å²) >= 11 is 0. The number of nitrogens with one attached hydrogen (secondary N) is 2. The number of ether oxygens (including phenoxy) is 1. The molecule has 1 amide bonds. The number of nitrogens with zero attached hydrogens (tertiary/aromatic N) is 2. The first-order chi connectivity index (χ1) is 14.6. The Morgan fingerprint density at radius 2 is 1.87 bits per heavy atom. The lowest BCUT2D eigenvalue weighted by Crippen LogP contribution is -2.24. The number of aromatic nitrogens is 2. The maximum absolute atomic E-state index is 12.3. The maximum atomic E-state index is 12.3. The van der Waals surface area contributed by atoms with Crippen molar-refractivity contribution in [3.63, 3.8) is 0 Å². The standard InChI is InChI=1S/C23H28N4O3.ClH/c1-27(14-15-30-2)13-6-5-12-21(28)24-18-9-7-8-17(16-18)22-19-10-3-4-11-20(19)23(29)26-25-22;/h3-4,7-11,16H,5-6,12-15H2,1-2H3,(H,24,28)(H,26,29);1H. The van der Waals surface area contributed by atoms with Gasteiger partial charge >= 0.3 is 0 Å². The molecule has 0 spiro atoms. The highest BCUT2D eigenvalue weighted by atomic mass is 35.5. The minimum atomic E-state index is -0.216. The molecule has 1 heterocycles. The van der Waals surface area contributed by atoms with Crippen LogP contribution in [-0.2, 0) is 9.53 Å². The molecule has 8 heteroatoms. The molecule has 3 rings (SSSR count). The molecule has 31 heavy (non-hydrogen) atoms. The normalized spacial score (nSPS) is 10.8. The van der Waals surface area contributed by atoms with Crippen molar-refractivity contribution in [2.75, 3.05) is 39.2 Å². The lowest BCUT2D eigenvalue weighted by Gasteiger charge is -2.15. The first-order valence-corrected chi connectivity index (χ1v) is 10.1. The molecule has 0 bridgehead atoms. The SMILES string of the molecule is COCCN(C)CCCCC(=O)Nc1cccc(-c2n[nH]c(=O)c3ccccc23)c1.Cl. The van der Waals surface area contributed by atoms with Crippen LogP contribution in [0.2, 0.25) is 0 Å². The quantitative estimate of drug-likeness (QED) is 0.465. The predicted molar refractivity (Wildman–Crippen MR) is 127 cm³/mol. The van der Waals surface area contributed by atoms with Gasteiger partial charge in [-0.3, -0.25) is 9.59 Å². The van der Waals surface area contributed by atoms with E-state index in [-0.39, 0.29) is 23.9 Å². The van der Waals surface area contributed by atoms with Gasteiger partial charge in [-0.1, -0.05) is 30.3 Å². The van der Waals surface area contributed by atoms with Crippen LogP contribution >= 0.6 is 12.4 Å². The van der Waals surface area contributed by atoms with Gasteiger partial charge in [0.05, 0.1) is 17.7 Å². The third-order valence-corrected chi connectivity index (χ3v) is 4.99. The molecule has 1 aromatic heterocycles. The second-order valence-corrected chi connectivity index (χ2v) is 7.33. The molecule has 0 unspecified atom stereocenters. The van der Waals surface area contributed by atoms with Crippen LogP contribution in [0.15, 0.2) is 53.3 Å². The Bertz CT molecular complexity index is 1050. The van der Waals surface area contributed by atoms with Crippen molar-refractivity contribution < 1.29 is 9.53 Å². The van der Waals surface area contributed by atoms with Crippen molar-refractivity contribution in [2.45, 2.75) is 19.3 Å². The van der Waals surface area contributed by atoms with Gasteiger partial charge in [0.1, 0.15) is 0 Å². The van der Waals surface area contributed by atoms with Crippen molar-refractivity contribution >= 4 is 34.8 Å². The third-order valence-electron chi connectivity index (χ3n) is 4.99. The van der Waals surface area contributed by atoms with Gasteiger partial charge < -0.3 is 15.0 Å². The van der Waals surface area contributed by atoms with Crippen LogP contribution in [0.25, 0.3) is 22.0 Å². The van der Waals surface area contributed by atoms with Crippen molar-refractivity contribution in [1.29, 1.82) is 0 Å². The third kappa shape index (κ3) is 6.89. The van der Waals surface area contributed by atoms with Crippen molar-refractivity contribution in [3.8, 4) is 11.3 Å². The van der Waals surface area contributed by atoms with E-state index in [2.05, 4.69) is 27.5 Å². The minimum Gasteiger partial charge on any atom is -0.383 e. The van der Waals surface area contributed by atoms with Gasteiger partial charge in [0.2, 0.25) is 5.91 Å². The fourth-order valence-corrected chi connectivity index (χ4v) is 3.33. The second-order valence-electron chi connectivity index (χ2n) is 7.33. The van der Waals surface area contributed by atoms with E-state index in [4.69, 9.17) is 4.74 Å². The summed E-state index contributed by atoms with van der Waals surface area (Å²) in [6, 6.07) is 14.9.